The first kappa shape index (κ1) is 12.7. The largest absolute Gasteiger partial charge is 0.335 e. The lowest BCUT2D eigenvalue weighted by atomic mass is 10.0. The van der Waals surface area contributed by atoms with Gasteiger partial charge in [-0.3, -0.25) is 4.79 Å². The summed E-state index contributed by atoms with van der Waals surface area (Å²) in [6, 6.07) is 0. The van der Waals surface area contributed by atoms with E-state index in [0.29, 0.717) is 18.4 Å². The first-order valence-corrected chi connectivity index (χ1v) is 6.80. The van der Waals surface area contributed by atoms with Gasteiger partial charge in [0.25, 0.3) is 0 Å². The molecule has 1 fully saturated rings. The van der Waals surface area contributed by atoms with Gasteiger partial charge in [0, 0.05) is 29.0 Å². The van der Waals surface area contributed by atoms with Gasteiger partial charge in [0.05, 0.1) is 0 Å². The Balaban J connectivity index is 2.85. The number of hydrogen-bond donors (Lipinski definition) is 0. The van der Waals surface area contributed by atoms with Crippen molar-refractivity contribution in [3.63, 3.8) is 0 Å². The number of alkyl halides is 1. The zero-order valence-electron chi connectivity index (χ0n) is 9.37. The van der Waals surface area contributed by atoms with Gasteiger partial charge in [0.2, 0.25) is 5.91 Å². The van der Waals surface area contributed by atoms with E-state index in [0.717, 1.165) is 16.5 Å². The molecule has 0 spiro atoms. The molecule has 1 rings (SSSR count). The summed E-state index contributed by atoms with van der Waals surface area (Å²) in [4.78, 5) is 13.9. The summed E-state index contributed by atoms with van der Waals surface area (Å²) in [5.41, 5.74) is 1.00. The molecule has 2 nitrogen and oxygen atoms in total. The summed E-state index contributed by atoms with van der Waals surface area (Å²) < 4.78 is 1.01. The summed E-state index contributed by atoms with van der Waals surface area (Å²) in [6.07, 6.45) is 3.90. The van der Waals surface area contributed by atoms with Crippen LogP contribution in [0.15, 0.2) is 24.3 Å². The zero-order valence-corrected chi connectivity index (χ0v) is 11.5. The van der Waals surface area contributed by atoms with Crippen molar-refractivity contribution in [2.24, 2.45) is 11.8 Å². The Bertz CT molecular complexity index is 283. The minimum absolute atomic E-state index is 0.199. The SMILES string of the molecule is C=CCN1CC(CI)/C(=C\C(C)C)C1=O. The van der Waals surface area contributed by atoms with Crippen molar-refractivity contribution in [1.29, 1.82) is 0 Å². The third-order valence-corrected chi connectivity index (χ3v) is 3.53. The smallest absolute Gasteiger partial charge is 0.250 e. The number of carbonyl (C=O) groups excluding carboxylic acids is 1. The fraction of sp³-hybridized carbons (Fsp3) is 0.583. The summed E-state index contributed by atoms with van der Waals surface area (Å²) in [6.45, 7) is 9.43. The molecule has 0 radical (unpaired) electrons. The Labute approximate surface area is 106 Å². The summed E-state index contributed by atoms with van der Waals surface area (Å²) in [5, 5.41) is 0. The van der Waals surface area contributed by atoms with Gasteiger partial charge in [0.15, 0.2) is 0 Å². The molecule has 0 N–H and O–H groups in total. The average molecular weight is 319 g/mol. The van der Waals surface area contributed by atoms with Gasteiger partial charge < -0.3 is 4.90 Å². The average Bonchev–Trinajstić information content (AvgIpc) is 2.46. The number of carbonyl (C=O) groups is 1. The van der Waals surface area contributed by atoms with E-state index >= 15 is 0 Å². The summed E-state index contributed by atoms with van der Waals surface area (Å²) in [7, 11) is 0. The van der Waals surface area contributed by atoms with Crippen LogP contribution in [0.5, 0.6) is 0 Å². The number of hydrogen-bond acceptors (Lipinski definition) is 1. The number of likely N-dealkylation sites (tertiary alicyclic amines) is 1. The summed E-state index contributed by atoms with van der Waals surface area (Å²) in [5.74, 6) is 1.05. The van der Waals surface area contributed by atoms with Crippen molar-refractivity contribution in [1.82, 2.24) is 4.90 Å². The molecule has 1 aliphatic rings. The van der Waals surface area contributed by atoms with Gasteiger partial charge in [-0.15, -0.1) is 6.58 Å². The van der Waals surface area contributed by atoms with E-state index in [9.17, 15) is 4.79 Å². The second-order valence-electron chi connectivity index (χ2n) is 4.22. The Kier molecular flexibility index (Phi) is 4.83. The molecule has 1 aliphatic heterocycles. The van der Waals surface area contributed by atoms with E-state index in [-0.39, 0.29) is 5.91 Å². The molecule has 3 heteroatoms. The lowest BCUT2D eigenvalue weighted by molar-refractivity contribution is -0.124. The van der Waals surface area contributed by atoms with E-state index in [2.05, 4.69) is 49.1 Å². The maximum Gasteiger partial charge on any atom is 0.250 e. The van der Waals surface area contributed by atoms with Crippen LogP contribution < -0.4 is 0 Å². The monoisotopic (exact) mass is 319 g/mol. The van der Waals surface area contributed by atoms with Gasteiger partial charge in [-0.1, -0.05) is 48.6 Å². The highest BCUT2D eigenvalue weighted by Gasteiger charge is 2.33. The van der Waals surface area contributed by atoms with E-state index in [4.69, 9.17) is 0 Å². The van der Waals surface area contributed by atoms with Crippen molar-refractivity contribution >= 4 is 28.5 Å². The van der Waals surface area contributed by atoms with Gasteiger partial charge in [-0.25, -0.2) is 0 Å². The van der Waals surface area contributed by atoms with Crippen molar-refractivity contribution in [2.45, 2.75) is 13.8 Å². The highest BCUT2D eigenvalue weighted by atomic mass is 127. The highest BCUT2D eigenvalue weighted by molar-refractivity contribution is 14.1. The van der Waals surface area contributed by atoms with Crippen LogP contribution in [0.4, 0.5) is 0 Å². The highest BCUT2D eigenvalue weighted by Crippen LogP contribution is 2.27. The normalized spacial score (nSPS) is 24.3. The molecular weight excluding hydrogens is 301 g/mol. The number of rotatable bonds is 4. The van der Waals surface area contributed by atoms with E-state index in [1.807, 2.05) is 4.90 Å². The van der Waals surface area contributed by atoms with Crippen LogP contribution in [0, 0.1) is 11.8 Å². The number of allylic oxidation sites excluding steroid dienone is 1. The minimum Gasteiger partial charge on any atom is -0.335 e. The lowest BCUT2D eigenvalue weighted by Gasteiger charge is -2.11. The van der Waals surface area contributed by atoms with E-state index in [1.165, 1.54) is 0 Å². The van der Waals surface area contributed by atoms with Gasteiger partial charge in [0.1, 0.15) is 0 Å². The zero-order chi connectivity index (χ0) is 11.4. The number of nitrogens with zero attached hydrogens (tertiary/aromatic N) is 1. The molecule has 0 saturated carbocycles. The molecule has 0 bridgehead atoms. The first-order chi connectivity index (χ1) is 7.10. The maximum atomic E-state index is 12.0. The fourth-order valence-corrected chi connectivity index (χ4v) is 2.57. The molecule has 15 heavy (non-hydrogen) atoms. The van der Waals surface area contributed by atoms with Crippen LogP contribution in [0.3, 0.4) is 0 Å². The Hall–Kier alpha value is -0.320. The molecule has 0 aromatic heterocycles. The summed E-state index contributed by atoms with van der Waals surface area (Å²) >= 11 is 2.35. The lowest BCUT2D eigenvalue weighted by Crippen LogP contribution is -2.25. The van der Waals surface area contributed by atoms with E-state index < -0.39 is 0 Å². The predicted octanol–water partition coefficient (Wildman–Crippen LogP) is 2.65. The van der Waals surface area contributed by atoms with Gasteiger partial charge in [-0.05, 0) is 5.92 Å². The molecule has 1 amide bonds. The maximum absolute atomic E-state index is 12.0. The number of amides is 1. The van der Waals surface area contributed by atoms with E-state index in [1.54, 1.807) is 6.08 Å². The van der Waals surface area contributed by atoms with Crippen LogP contribution >= 0.6 is 22.6 Å². The van der Waals surface area contributed by atoms with Crippen LogP contribution in [-0.2, 0) is 4.79 Å². The molecule has 0 aromatic carbocycles. The molecule has 1 heterocycles. The molecule has 0 aliphatic carbocycles. The third-order valence-electron chi connectivity index (χ3n) is 2.46. The van der Waals surface area contributed by atoms with Gasteiger partial charge >= 0.3 is 0 Å². The topological polar surface area (TPSA) is 20.3 Å². The molecule has 1 saturated heterocycles. The van der Waals surface area contributed by atoms with Crippen molar-refractivity contribution < 1.29 is 4.79 Å². The second-order valence-corrected chi connectivity index (χ2v) is 5.10. The van der Waals surface area contributed by atoms with Crippen molar-refractivity contribution in [3.05, 3.63) is 24.3 Å². The molecular formula is C12H18INO. The van der Waals surface area contributed by atoms with Crippen LogP contribution in [0.25, 0.3) is 0 Å². The Morgan fingerprint density at radius 2 is 2.33 bits per heavy atom. The third kappa shape index (κ3) is 3.06. The first-order valence-electron chi connectivity index (χ1n) is 5.28. The molecule has 0 aromatic rings. The van der Waals surface area contributed by atoms with Crippen molar-refractivity contribution in [3.8, 4) is 0 Å². The Morgan fingerprint density at radius 1 is 1.67 bits per heavy atom. The molecule has 1 unspecified atom stereocenters. The molecule has 84 valence electrons. The van der Waals surface area contributed by atoms with Crippen LogP contribution in [0.1, 0.15) is 13.8 Å². The van der Waals surface area contributed by atoms with Gasteiger partial charge in [-0.2, -0.15) is 0 Å². The van der Waals surface area contributed by atoms with Crippen molar-refractivity contribution in [2.75, 3.05) is 17.5 Å². The quantitative estimate of drug-likeness (QED) is 0.338. The number of halogens is 1. The Morgan fingerprint density at radius 3 is 2.80 bits per heavy atom. The van der Waals surface area contributed by atoms with Crippen LogP contribution in [0.2, 0.25) is 0 Å². The standard InChI is InChI=1S/C12H18INO/c1-4-5-14-8-10(7-13)11(12(14)15)6-9(2)3/h4,6,9-10H,1,5,7-8H2,2-3H3/b11-6+. The second kappa shape index (κ2) is 5.68. The predicted molar refractivity (Wildman–Crippen MR) is 72.1 cm³/mol. The minimum atomic E-state index is 0.199. The fourth-order valence-electron chi connectivity index (χ4n) is 1.82. The van der Waals surface area contributed by atoms with Crippen LogP contribution in [-0.4, -0.2) is 28.3 Å². The molecule has 1 atom stereocenters.